The van der Waals surface area contributed by atoms with Crippen molar-refractivity contribution in [3.63, 3.8) is 0 Å². The molecule has 0 aliphatic carbocycles. The average molecular weight is 271 g/mol. The predicted octanol–water partition coefficient (Wildman–Crippen LogP) is 2.68. The molecule has 0 saturated carbocycles. The molecule has 1 aromatic rings. The fourth-order valence-corrected chi connectivity index (χ4v) is 2.15. The zero-order valence-electron chi connectivity index (χ0n) is 9.70. The standard InChI is InChI=1S/C12H15ClN2OS/c1-9-2-3-10(13)8-11(9)14-12(17)15-4-6-16-7-5-15/h2-3,8H,4-7H2,1H3,(H,14,17). The number of hydrogen-bond acceptors (Lipinski definition) is 2. The third kappa shape index (κ3) is 3.31. The highest BCUT2D eigenvalue weighted by Crippen LogP contribution is 2.20. The highest BCUT2D eigenvalue weighted by atomic mass is 35.5. The van der Waals surface area contributed by atoms with Gasteiger partial charge in [0.25, 0.3) is 0 Å². The summed E-state index contributed by atoms with van der Waals surface area (Å²) >= 11 is 11.3. The SMILES string of the molecule is Cc1ccc(Cl)cc1NC(=S)N1CCOCC1. The minimum absolute atomic E-state index is 0.711. The molecular formula is C12H15ClN2OS. The second kappa shape index (κ2) is 5.67. The van der Waals surface area contributed by atoms with Crippen LogP contribution in [-0.2, 0) is 4.74 Å². The molecule has 92 valence electrons. The molecular weight excluding hydrogens is 256 g/mol. The van der Waals surface area contributed by atoms with Crippen molar-refractivity contribution in [3.8, 4) is 0 Å². The largest absolute Gasteiger partial charge is 0.378 e. The van der Waals surface area contributed by atoms with Crippen molar-refractivity contribution >= 4 is 34.6 Å². The molecule has 1 saturated heterocycles. The van der Waals surface area contributed by atoms with Gasteiger partial charge in [-0.25, -0.2) is 0 Å². The van der Waals surface area contributed by atoms with Crippen LogP contribution in [0.2, 0.25) is 5.02 Å². The lowest BCUT2D eigenvalue weighted by atomic mass is 10.2. The monoisotopic (exact) mass is 270 g/mol. The van der Waals surface area contributed by atoms with Crippen LogP contribution < -0.4 is 5.32 Å². The summed E-state index contributed by atoms with van der Waals surface area (Å²) in [5.74, 6) is 0. The van der Waals surface area contributed by atoms with E-state index in [1.807, 2.05) is 25.1 Å². The summed E-state index contributed by atoms with van der Waals surface area (Å²) in [7, 11) is 0. The van der Waals surface area contributed by atoms with Crippen molar-refractivity contribution in [3.05, 3.63) is 28.8 Å². The molecule has 1 aromatic carbocycles. The van der Waals surface area contributed by atoms with Crippen molar-refractivity contribution < 1.29 is 4.74 Å². The molecule has 0 radical (unpaired) electrons. The Bertz CT molecular complexity index is 419. The number of thiocarbonyl (C=S) groups is 1. The first kappa shape index (κ1) is 12.6. The highest BCUT2D eigenvalue weighted by molar-refractivity contribution is 7.80. The molecule has 0 atom stereocenters. The molecule has 0 spiro atoms. The van der Waals surface area contributed by atoms with Crippen molar-refractivity contribution in [1.82, 2.24) is 4.90 Å². The number of rotatable bonds is 1. The molecule has 2 rings (SSSR count). The molecule has 1 aliphatic rings. The maximum atomic E-state index is 5.97. The normalized spacial score (nSPS) is 15.8. The lowest BCUT2D eigenvalue weighted by molar-refractivity contribution is 0.0690. The smallest absolute Gasteiger partial charge is 0.173 e. The minimum Gasteiger partial charge on any atom is -0.378 e. The van der Waals surface area contributed by atoms with Crippen LogP contribution in [0.15, 0.2) is 18.2 Å². The average Bonchev–Trinajstić information content (AvgIpc) is 2.35. The molecule has 5 heteroatoms. The van der Waals surface area contributed by atoms with Crippen LogP contribution >= 0.6 is 23.8 Å². The minimum atomic E-state index is 0.711. The van der Waals surface area contributed by atoms with Gasteiger partial charge in [-0.05, 0) is 36.8 Å². The maximum Gasteiger partial charge on any atom is 0.173 e. The highest BCUT2D eigenvalue weighted by Gasteiger charge is 2.14. The Kier molecular flexibility index (Phi) is 4.20. The summed E-state index contributed by atoms with van der Waals surface area (Å²) in [5.41, 5.74) is 2.10. The van der Waals surface area contributed by atoms with E-state index in [9.17, 15) is 0 Å². The molecule has 17 heavy (non-hydrogen) atoms. The molecule has 1 heterocycles. The number of anilines is 1. The number of hydrogen-bond donors (Lipinski definition) is 1. The summed E-state index contributed by atoms with van der Waals surface area (Å²) in [6, 6.07) is 5.75. The second-order valence-electron chi connectivity index (χ2n) is 3.99. The fraction of sp³-hybridized carbons (Fsp3) is 0.417. The number of morpholine rings is 1. The van der Waals surface area contributed by atoms with Crippen LogP contribution in [0.3, 0.4) is 0 Å². The van der Waals surface area contributed by atoms with Gasteiger partial charge in [0.1, 0.15) is 0 Å². The van der Waals surface area contributed by atoms with Crippen LogP contribution in [0.5, 0.6) is 0 Å². The van der Waals surface area contributed by atoms with E-state index in [1.54, 1.807) is 0 Å². The van der Waals surface area contributed by atoms with Crippen LogP contribution in [0, 0.1) is 6.92 Å². The van der Waals surface area contributed by atoms with Gasteiger partial charge in [-0.2, -0.15) is 0 Å². The number of benzene rings is 1. The Morgan fingerprint density at radius 3 is 2.82 bits per heavy atom. The zero-order chi connectivity index (χ0) is 12.3. The predicted molar refractivity (Wildman–Crippen MR) is 74.8 cm³/mol. The van der Waals surface area contributed by atoms with Gasteiger partial charge in [0.15, 0.2) is 5.11 Å². The van der Waals surface area contributed by atoms with Gasteiger partial charge in [-0.1, -0.05) is 17.7 Å². The lowest BCUT2D eigenvalue weighted by Crippen LogP contribution is -2.42. The van der Waals surface area contributed by atoms with E-state index in [4.69, 9.17) is 28.6 Å². The van der Waals surface area contributed by atoms with Gasteiger partial charge in [0, 0.05) is 23.8 Å². The summed E-state index contributed by atoms with van der Waals surface area (Å²) in [6.45, 7) is 5.17. The van der Waals surface area contributed by atoms with Crippen LogP contribution in [0.4, 0.5) is 5.69 Å². The van der Waals surface area contributed by atoms with Crippen molar-refractivity contribution in [2.45, 2.75) is 6.92 Å². The quantitative estimate of drug-likeness (QED) is 0.793. The van der Waals surface area contributed by atoms with E-state index in [-0.39, 0.29) is 0 Å². The first-order valence-corrected chi connectivity index (χ1v) is 6.35. The van der Waals surface area contributed by atoms with Gasteiger partial charge in [-0.15, -0.1) is 0 Å². The van der Waals surface area contributed by atoms with Gasteiger partial charge in [0.05, 0.1) is 13.2 Å². The van der Waals surface area contributed by atoms with Crippen LogP contribution in [-0.4, -0.2) is 36.3 Å². The Hall–Kier alpha value is -0.840. The molecule has 0 bridgehead atoms. The van der Waals surface area contributed by atoms with Crippen LogP contribution in [0.1, 0.15) is 5.56 Å². The summed E-state index contributed by atoms with van der Waals surface area (Å²) in [5, 5.41) is 4.68. The molecule has 3 nitrogen and oxygen atoms in total. The first-order chi connectivity index (χ1) is 8.16. The summed E-state index contributed by atoms with van der Waals surface area (Å²) < 4.78 is 5.29. The van der Waals surface area contributed by atoms with E-state index < -0.39 is 0 Å². The van der Waals surface area contributed by atoms with Crippen LogP contribution in [0.25, 0.3) is 0 Å². The van der Waals surface area contributed by atoms with Gasteiger partial charge < -0.3 is 15.0 Å². The van der Waals surface area contributed by atoms with E-state index in [2.05, 4.69) is 10.2 Å². The first-order valence-electron chi connectivity index (χ1n) is 5.56. The number of nitrogens with one attached hydrogen (secondary N) is 1. The van der Waals surface area contributed by atoms with Gasteiger partial charge >= 0.3 is 0 Å². The third-order valence-corrected chi connectivity index (χ3v) is 3.33. The molecule has 1 fully saturated rings. The molecule has 1 N–H and O–H groups in total. The van der Waals surface area contributed by atoms with Gasteiger partial charge in [-0.3, -0.25) is 0 Å². The Morgan fingerprint density at radius 1 is 1.41 bits per heavy atom. The second-order valence-corrected chi connectivity index (χ2v) is 4.81. The molecule has 1 aliphatic heterocycles. The number of ether oxygens (including phenoxy) is 1. The third-order valence-electron chi connectivity index (χ3n) is 2.74. The fourth-order valence-electron chi connectivity index (χ4n) is 1.69. The Balaban J connectivity index is 2.04. The lowest BCUT2D eigenvalue weighted by Gasteiger charge is -2.29. The maximum absolute atomic E-state index is 5.97. The van der Waals surface area contributed by atoms with Crippen molar-refractivity contribution in [2.75, 3.05) is 31.6 Å². The Labute approximate surface area is 112 Å². The van der Waals surface area contributed by atoms with Gasteiger partial charge in [0.2, 0.25) is 0 Å². The zero-order valence-corrected chi connectivity index (χ0v) is 11.3. The Morgan fingerprint density at radius 2 is 2.12 bits per heavy atom. The van der Waals surface area contributed by atoms with E-state index >= 15 is 0 Å². The molecule has 0 aromatic heterocycles. The summed E-state index contributed by atoms with van der Waals surface area (Å²) in [6.07, 6.45) is 0. The van der Waals surface area contributed by atoms with E-state index in [0.717, 1.165) is 42.7 Å². The summed E-state index contributed by atoms with van der Waals surface area (Å²) in [4.78, 5) is 2.11. The van der Waals surface area contributed by atoms with Crippen molar-refractivity contribution in [1.29, 1.82) is 0 Å². The molecule has 0 unspecified atom stereocenters. The van der Waals surface area contributed by atoms with E-state index in [1.165, 1.54) is 0 Å². The topological polar surface area (TPSA) is 24.5 Å². The number of nitrogens with zero attached hydrogens (tertiary/aromatic N) is 1. The van der Waals surface area contributed by atoms with Crippen molar-refractivity contribution in [2.24, 2.45) is 0 Å². The van der Waals surface area contributed by atoms with E-state index in [0.29, 0.717) is 5.02 Å². The number of aryl methyl sites for hydroxylation is 1. The number of halogens is 1. The molecule has 0 amide bonds.